The maximum Gasteiger partial charge on any atom is 0.241 e. The molecule has 3 unspecified atom stereocenters. The standard InChI is InChI=1S/C18H29N3O3S2/c1-13-6-8-15(9-7-13)26(23,24)21-17(10-11-25-2)18(22)20-16-5-3-4-14(16)12-19/h6-9,14,16-17,21H,3-5,10-12,19H2,1-2H3,(H,20,22). The van der Waals surface area contributed by atoms with Crippen LogP contribution in [0.25, 0.3) is 0 Å². The minimum absolute atomic E-state index is 0.0353. The summed E-state index contributed by atoms with van der Waals surface area (Å²) in [6.07, 6.45) is 5.32. The fourth-order valence-electron chi connectivity index (χ4n) is 3.24. The highest BCUT2D eigenvalue weighted by Crippen LogP contribution is 2.24. The molecule has 6 nitrogen and oxygen atoms in total. The molecule has 1 aromatic rings. The minimum Gasteiger partial charge on any atom is -0.352 e. The maximum absolute atomic E-state index is 12.7. The van der Waals surface area contributed by atoms with Gasteiger partial charge in [-0.05, 0) is 62.8 Å². The third-order valence-corrected chi connectivity index (χ3v) is 6.98. The van der Waals surface area contributed by atoms with E-state index in [-0.39, 0.29) is 22.8 Å². The zero-order valence-electron chi connectivity index (χ0n) is 15.4. The van der Waals surface area contributed by atoms with Gasteiger partial charge in [-0.1, -0.05) is 24.1 Å². The summed E-state index contributed by atoms with van der Waals surface area (Å²) >= 11 is 1.58. The number of nitrogens with one attached hydrogen (secondary N) is 2. The summed E-state index contributed by atoms with van der Waals surface area (Å²) in [4.78, 5) is 12.9. The average molecular weight is 400 g/mol. The molecule has 0 radical (unpaired) electrons. The number of benzene rings is 1. The molecule has 1 amide bonds. The van der Waals surface area contributed by atoms with Gasteiger partial charge >= 0.3 is 0 Å². The SMILES string of the molecule is CSCCC(NS(=O)(=O)c1ccc(C)cc1)C(=O)NC1CCCC1CN. The monoisotopic (exact) mass is 399 g/mol. The van der Waals surface area contributed by atoms with Gasteiger partial charge in [0.2, 0.25) is 15.9 Å². The largest absolute Gasteiger partial charge is 0.352 e. The molecular weight excluding hydrogens is 370 g/mol. The minimum atomic E-state index is -3.75. The number of thioether (sulfide) groups is 1. The Balaban J connectivity index is 2.10. The number of hydrogen-bond acceptors (Lipinski definition) is 5. The summed E-state index contributed by atoms with van der Waals surface area (Å²) in [7, 11) is -3.75. The molecule has 1 saturated carbocycles. The third kappa shape index (κ3) is 5.70. The van der Waals surface area contributed by atoms with E-state index in [1.54, 1.807) is 36.0 Å². The van der Waals surface area contributed by atoms with Crippen molar-refractivity contribution in [3.63, 3.8) is 0 Å². The van der Waals surface area contributed by atoms with E-state index in [4.69, 9.17) is 5.73 Å². The van der Waals surface area contributed by atoms with Crippen LogP contribution in [0.2, 0.25) is 0 Å². The molecule has 0 saturated heterocycles. The van der Waals surface area contributed by atoms with E-state index in [0.29, 0.717) is 18.7 Å². The van der Waals surface area contributed by atoms with Crippen molar-refractivity contribution < 1.29 is 13.2 Å². The predicted octanol–water partition coefficient (Wildman–Crippen LogP) is 1.64. The second kappa shape index (κ2) is 9.73. The van der Waals surface area contributed by atoms with E-state index in [0.717, 1.165) is 24.8 Å². The Labute approximate surface area is 160 Å². The fraction of sp³-hybridized carbons (Fsp3) is 0.611. The molecule has 2 rings (SSSR count). The van der Waals surface area contributed by atoms with Crippen LogP contribution in [0.4, 0.5) is 0 Å². The van der Waals surface area contributed by atoms with Gasteiger partial charge in [0.25, 0.3) is 0 Å². The zero-order chi connectivity index (χ0) is 19.2. The second-order valence-corrected chi connectivity index (χ2v) is 9.51. The first kappa shape index (κ1) is 21.2. The number of carbonyl (C=O) groups is 1. The number of aryl methyl sites for hydroxylation is 1. The van der Waals surface area contributed by atoms with Gasteiger partial charge in [0, 0.05) is 6.04 Å². The van der Waals surface area contributed by atoms with Crippen LogP contribution in [0.1, 0.15) is 31.2 Å². The lowest BCUT2D eigenvalue weighted by atomic mass is 10.0. The van der Waals surface area contributed by atoms with E-state index < -0.39 is 16.1 Å². The van der Waals surface area contributed by atoms with Gasteiger partial charge in [-0.15, -0.1) is 0 Å². The molecule has 1 aromatic carbocycles. The van der Waals surface area contributed by atoms with Crippen molar-refractivity contribution in [2.75, 3.05) is 18.6 Å². The lowest BCUT2D eigenvalue weighted by Crippen LogP contribution is -2.51. The normalized spacial score (nSPS) is 21.5. The van der Waals surface area contributed by atoms with Crippen molar-refractivity contribution in [1.82, 2.24) is 10.0 Å². The maximum atomic E-state index is 12.7. The van der Waals surface area contributed by atoms with Gasteiger partial charge in [0.05, 0.1) is 4.90 Å². The molecule has 1 aliphatic rings. The molecule has 0 heterocycles. The summed E-state index contributed by atoms with van der Waals surface area (Å²) in [5.74, 6) is 0.702. The van der Waals surface area contributed by atoms with E-state index in [1.165, 1.54) is 0 Å². The molecule has 8 heteroatoms. The van der Waals surface area contributed by atoms with Gasteiger partial charge in [-0.3, -0.25) is 4.79 Å². The first-order valence-electron chi connectivity index (χ1n) is 8.95. The van der Waals surface area contributed by atoms with Crippen molar-refractivity contribution in [3.8, 4) is 0 Å². The van der Waals surface area contributed by atoms with Gasteiger partial charge in [-0.25, -0.2) is 8.42 Å². The Kier molecular flexibility index (Phi) is 7.94. The highest BCUT2D eigenvalue weighted by Gasteiger charge is 2.31. The quantitative estimate of drug-likeness (QED) is 0.586. The lowest BCUT2D eigenvalue weighted by Gasteiger charge is -2.24. The van der Waals surface area contributed by atoms with E-state index in [9.17, 15) is 13.2 Å². The first-order valence-corrected chi connectivity index (χ1v) is 11.8. The Bertz CT molecular complexity index is 692. The van der Waals surface area contributed by atoms with Crippen LogP contribution >= 0.6 is 11.8 Å². The Morgan fingerprint density at radius 3 is 2.62 bits per heavy atom. The van der Waals surface area contributed by atoms with Crippen LogP contribution in [0.5, 0.6) is 0 Å². The number of amides is 1. The number of hydrogen-bond donors (Lipinski definition) is 3. The van der Waals surface area contributed by atoms with Crippen LogP contribution in [0, 0.1) is 12.8 Å². The summed E-state index contributed by atoms with van der Waals surface area (Å²) in [5.41, 5.74) is 6.76. The lowest BCUT2D eigenvalue weighted by molar-refractivity contribution is -0.123. The van der Waals surface area contributed by atoms with Crippen molar-refractivity contribution in [1.29, 1.82) is 0 Å². The molecule has 146 valence electrons. The van der Waals surface area contributed by atoms with Crippen LogP contribution in [-0.2, 0) is 14.8 Å². The van der Waals surface area contributed by atoms with Crippen LogP contribution < -0.4 is 15.8 Å². The highest BCUT2D eigenvalue weighted by atomic mass is 32.2. The smallest absolute Gasteiger partial charge is 0.241 e. The molecule has 1 fully saturated rings. The van der Waals surface area contributed by atoms with Crippen molar-refractivity contribution >= 4 is 27.7 Å². The second-order valence-electron chi connectivity index (χ2n) is 6.81. The van der Waals surface area contributed by atoms with Gasteiger partial charge in [0.15, 0.2) is 0 Å². The molecule has 0 spiro atoms. The predicted molar refractivity (Wildman–Crippen MR) is 107 cm³/mol. The molecule has 0 bridgehead atoms. The van der Waals surface area contributed by atoms with E-state index >= 15 is 0 Å². The molecule has 3 atom stereocenters. The van der Waals surface area contributed by atoms with Crippen molar-refractivity contribution in [3.05, 3.63) is 29.8 Å². The van der Waals surface area contributed by atoms with Crippen LogP contribution in [0.3, 0.4) is 0 Å². The van der Waals surface area contributed by atoms with Gasteiger partial charge in [-0.2, -0.15) is 16.5 Å². The van der Waals surface area contributed by atoms with Crippen molar-refractivity contribution in [2.24, 2.45) is 11.7 Å². The third-order valence-electron chi connectivity index (χ3n) is 4.85. The summed E-state index contributed by atoms with van der Waals surface area (Å²) < 4.78 is 27.9. The van der Waals surface area contributed by atoms with E-state index in [2.05, 4.69) is 10.0 Å². The Hall–Kier alpha value is -1.09. The highest BCUT2D eigenvalue weighted by molar-refractivity contribution is 7.98. The summed E-state index contributed by atoms with van der Waals surface area (Å²) in [6, 6.07) is 5.86. The van der Waals surface area contributed by atoms with Crippen LogP contribution in [0.15, 0.2) is 29.2 Å². The Morgan fingerprint density at radius 1 is 1.31 bits per heavy atom. The van der Waals surface area contributed by atoms with Crippen LogP contribution in [-0.4, -0.2) is 45.0 Å². The number of rotatable bonds is 9. The fourth-order valence-corrected chi connectivity index (χ4v) is 4.95. The average Bonchev–Trinajstić information content (AvgIpc) is 3.06. The first-order chi connectivity index (χ1) is 12.4. The van der Waals surface area contributed by atoms with Gasteiger partial charge in [0.1, 0.15) is 6.04 Å². The topological polar surface area (TPSA) is 101 Å². The molecule has 1 aliphatic carbocycles. The number of nitrogens with two attached hydrogens (primary N) is 1. The molecule has 0 aliphatic heterocycles. The van der Waals surface area contributed by atoms with Gasteiger partial charge < -0.3 is 11.1 Å². The number of sulfonamides is 1. The summed E-state index contributed by atoms with van der Waals surface area (Å²) in [5, 5.41) is 3.02. The van der Waals surface area contributed by atoms with Crippen molar-refractivity contribution in [2.45, 2.75) is 49.6 Å². The zero-order valence-corrected chi connectivity index (χ0v) is 17.0. The molecular formula is C18H29N3O3S2. The summed E-state index contributed by atoms with van der Waals surface area (Å²) in [6.45, 7) is 2.43. The molecule has 4 N–H and O–H groups in total. The van der Waals surface area contributed by atoms with E-state index in [1.807, 2.05) is 13.2 Å². The molecule has 26 heavy (non-hydrogen) atoms. The number of carbonyl (C=O) groups excluding carboxylic acids is 1. The Morgan fingerprint density at radius 2 is 2.00 bits per heavy atom. The molecule has 0 aromatic heterocycles.